The van der Waals surface area contributed by atoms with Crippen LogP contribution >= 0.6 is 11.9 Å². The fourth-order valence-electron chi connectivity index (χ4n) is 4.62. The van der Waals surface area contributed by atoms with Crippen molar-refractivity contribution in [3.05, 3.63) is 23.8 Å². The van der Waals surface area contributed by atoms with Crippen LogP contribution in [0.1, 0.15) is 38.2 Å². The predicted molar refractivity (Wildman–Crippen MR) is 127 cm³/mol. The first-order valence-electron chi connectivity index (χ1n) is 11.5. The maximum absolute atomic E-state index is 12.7. The molecule has 0 radical (unpaired) electrons. The molecule has 3 aliphatic carbocycles. The number of hydrogen-bond acceptors (Lipinski definition) is 6. The summed E-state index contributed by atoms with van der Waals surface area (Å²) in [6, 6.07) is 6.51. The van der Waals surface area contributed by atoms with Crippen molar-refractivity contribution < 1.29 is 9.59 Å². The van der Waals surface area contributed by atoms with Gasteiger partial charge in [-0.2, -0.15) is 0 Å². The minimum Gasteiger partial charge on any atom is -0.367 e. The molecule has 0 spiro atoms. The average Bonchev–Trinajstić information content (AvgIpc) is 3.69. The van der Waals surface area contributed by atoms with Gasteiger partial charge in [-0.1, -0.05) is 0 Å². The lowest BCUT2D eigenvalue weighted by Crippen LogP contribution is -2.45. The van der Waals surface area contributed by atoms with E-state index in [2.05, 4.69) is 40.1 Å². The molecule has 3 saturated carbocycles. The average molecular weight is 452 g/mol. The molecule has 2 aromatic rings. The minimum atomic E-state index is -0.0756. The molecule has 1 aromatic heterocycles. The number of anilines is 2. The van der Waals surface area contributed by atoms with E-state index in [1.165, 1.54) is 12.8 Å². The summed E-state index contributed by atoms with van der Waals surface area (Å²) < 4.78 is 3.60. The molecule has 168 valence electrons. The van der Waals surface area contributed by atoms with E-state index in [1.807, 2.05) is 11.8 Å². The highest BCUT2D eigenvalue weighted by atomic mass is 32.2. The normalized spacial score (nSPS) is 27.1. The molecular formula is C24H29N5O2S. The summed E-state index contributed by atoms with van der Waals surface area (Å²) in [7, 11) is 0. The van der Waals surface area contributed by atoms with E-state index in [0.29, 0.717) is 11.7 Å². The molecule has 1 aromatic carbocycles. The number of amides is 2. The first kappa shape index (κ1) is 20.3. The lowest BCUT2D eigenvalue weighted by atomic mass is 10.1. The Labute approximate surface area is 192 Å². The van der Waals surface area contributed by atoms with Crippen LogP contribution in [-0.2, 0) is 9.59 Å². The summed E-state index contributed by atoms with van der Waals surface area (Å²) in [5.41, 5.74) is 3.17. The van der Waals surface area contributed by atoms with Gasteiger partial charge in [0.25, 0.3) is 0 Å². The summed E-state index contributed by atoms with van der Waals surface area (Å²) in [4.78, 5) is 34.0. The Kier molecular flexibility index (Phi) is 4.50. The number of aryl methyl sites for hydroxylation is 1. The molecule has 0 atom stereocenters. The Balaban J connectivity index is 1.34. The van der Waals surface area contributed by atoms with Crippen molar-refractivity contribution in [3.63, 3.8) is 0 Å². The molecule has 1 saturated heterocycles. The number of aromatic nitrogens is 1. The number of rotatable bonds is 7. The molecule has 2 N–H and O–H groups in total. The molecule has 2 amide bonds. The van der Waals surface area contributed by atoms with Crippen LogP contribution in [0.25, 0.3) is 10.9 Å². The van der Waals surface area contributed by atoms with Crippen LogP contribution in [0.4, 0.5) is 11.5 Å². The molecule has 4 fully saturated rings. The van der Waals surface area contributed by atoms with Gasteiger partial charge in [-0.25, -0.2) is 4.98 Å². The molecule has 6 rings (SSSR count). The second kappa shape index (κ2) is 7.09. The molecule has 1 aliphatic heterocycles. The monoisotopic (exact) mass is 451 g/mol. The van der Waals surface area contributed by atoms with Crippen LogP contribution in [0.15, 0.2) is 23.1 Å². The summed E-state index contributed by atoms with van der Waals surface area (Å²) in [5, 5.41) is 4.21. The maximum atomic E-state index is 12.7. The number of nitrogens with one attached hydrogen (secondary N) is 2. The third-order valence-corrected chi connectivity index (χ3v) is 8.73. The molecule has 0 bridgehead atoms. The number of fused-ring (bicyclic) bond motifs is 2. The zero-order valence-corrected chi connectivity index (χ0v) is 19.4. The Bertz CT molecular complexity index is 1120. The van der Waals surface area contributed by atoms with Crippen LogP contribution in [0.5, 0.6) is 0 Å². The Morgan fingerprint density at radius 2 is 1.91 bits per heavy atom. The van der Waals surface area contributed by atoms with Crippen molar-refractivity contribution in [2.45, 2.75) is 50.0 Å². The van der Waals surface area contributed by atoms with Crippen molar-refractivity contribution in [2.75, 3.05) is 36.4 Å². The standard InChI is InChI=1S/C24H29N5O2S/c1-15-9-18-19(25-21(15)26-22(31)24-12-16(24)13-24)10-17(32-27-23(2)3-4-23)11-20(18)29-7-5-28(14-30)6-8-29/h9-11,14,16,27H,3-8,12-13H2,1-2H3,(H,25,26,31). The van der Waals surface area contributed by atoms with Gasteiger partial charge in [-0.15, -0.1) is 0 Å². The smallest absolute Gasteiger partial charge is 0.232 e. The number of pyridine rings is 1. The van der Waals surface area contributed by atoms with Crippen LogP contribution in [0.3, 0.4) is 0 Å². The second-order valence-electron chi connectivity index (χ2n) is 10.3. The van der Waals surface area contributed by atoms with Gasteiger partial charge in [0, 0.05) is 47.7 Å². The minimum absolute atomic E-state index is 0.0756. The molecule has 7 nitrogen and oxygen atoms in total. The summed E-state index contributed by atoms with van der Waals surface area (Å²) in [5.74, 6) is 1.42. The van der Waals surface area contributed by atoms with E-state index in [-0.39, 0.29) is 16.9 Å². The summed E-state index contributed by atoms with van der Waals surface area (Å²) in [6.45, 7) is 7.32. The number of benzene rings is 1. The van der Waals surface area contributed by atoms with Crippen molar-refractivity contribution in [3.8, 4) is 0 Å². The third kappa shape index (κ3) is 3.53. The van der Waals surface area contributed by atoms with Gasteiger partial charge in [0.2, 0.25) is 12.3 Å². The van der Waals surface area contributed by atoms with E-state index in [0.717, 1.165) is 72.5 Å². The quantitative estimate of drug-likeness (QED) is 0.497. The highest BCUT2D eigenvalue weighted by Crippen LogP contribution is 2.75. The van der Waals surface area contributed by atoms with Crippen LogP contribution < -0.4 is 14.9 Å². The Hall–Kier alpha value is -2.32. The van der Waals surface area contributed by atoms with Gasteiger partial charge in [0.05, 0.1) is 10.9 Å². The van der Waals surface area contributed by atoms with Crippen molar-refractivity contribution in [2.24, 2.45) is 11.3 Å². The lowest BCUT2D eigenvalue weighted by molar-refractivity contribution is -0.119. The van der Waals surface area contributed by atoms with E-state index in [4.69, 9.17) is 4.98 Å². The predicted octanol–water partition coefficient (Wildman–Crippen LogP) is 3.32. The van der Waals surface area contributed by atoms with E-state index in [9.17, 15) is 9.59 Å². The number of hydrogen-bond donors (Lipinski definition) is 2. The molecule has 0 unspecified atom stereocenters. The molecule has 2 heterocycles. The Morgan fingerprint density at radius 1 is 1.19 bits per heavy atom. The van der Waals surface area contributed by atoms with Crippen molar-refractivity contribution in [1.29, 1.82) is 0 Å². The second-order valence-corrected chi connectivity index (χ2v) is 11.2. The summed E-state index contributed by atoms with van der Waals surface area (Å²) >= 11 is 1.66. The highest BCUT2D eigenvalue weighted by Gasteiger charge is 2.74. The molecular weight excluding hydrogens is 422 g/mol. The fraction of sp³-hybridized carbons (Fsp3) is 0.542. The van der Waals surface area contributed by atoms with Gasteiger partial charge < -0.3 is 15.1 Å². The first-order chi connectivity index (χ1) is 15.4. The van der Waals surface area contributed by atoms with Gasteiger partial charge in [0.15, 0.2) is 0 Å². The molecule has 4 aliphatic rings. The number of nitrogens with zero attached hydrogens (tertiary/aromatic N) is 3. The number of piperazine rings is 1. The van der Waals surface area contributed by atoms with Gasteiger partial charge in [-0.3, -0.25) is 14.3 Å². The van der Waals surface area contributed by atoms with Crippen LogP contribution in [0.2, 0.25) is 0 Å². The number of carbonyl (C=O) groups is 2. The SMILES string of the molecule is Cc1cc2c(N3CCN(C=O)CC3)cc(SNC3(C)CC3)cc2nc1NC(=O)C12CC1C2. The topological polar surface area (TPSA) is 77.6 Å². The molecule has 8 heteroatoms. The van der Waals surface area contributed by atoms with E-state index in [1.54, 1.807) is 11.9 Å². The van der Waals surface area contributed by atoms with E-state index < -0.39 is 0 Å². The summed E-state index contributed by atoms with van der Waals surface area (Å²) in [6.07, 6.45) is 5.41. The largest absolute Gasteiger partial charge is 0.367 e. The van der Waals surface area contributed by atoms with Crippen molar-refractivity contribution in [1.82, 2.24) is 14.6 Å². The van der Waals surface area contributed by atoms with Crippen LogP contribution in [-0.4, -0.2) is 53.9 Å². The third-order valence-electron chi connectivity index (χ3n) is 7.66. The first-order valence-corrected chi connectivity index (χ1v) is 12.4. The van der Waals surface area contributed by atoms with Crippen molar-refractivity contribution >= 4 is 46.7 Å². The zero-order valence-electron chi connectivity index (χ0n) is 18.6. The lowest BCUT2D eigenvalue weighted by Gasteiger charge is -2.35. The van der Waals surface area contributed by atoms with Gasteiger partial charge in [-0.05, 0) is 81.2 Å². The maximum Gasteiger partial charge on any atom is 0.232 e. The highest BCUT2D eigenvalue weighted by molar-refractivity contribution is 7.97. The van der Waals surface area contributed by atoms with Crippen LogP contribution in [0, 0.1) is 18.3 Å². The fourth-order valence-corrected chi connectivity index (χ4v) is 5.53. The number of carbonyl (C=O) groups excluding carboxylic acids is 2. The Morgan fingerprint density at radius 3 is 2.53 bits per heavy atom. The van der Waals surface area contributed by atoms with E-state index >= 15 is 0 Å². The molecule has 32 heavy (non-hydrogen) atoms. The van der Waals surface area contributed by atoms with Gasteiger partial charge in [0.1, 0.15) is 5.82 Å². The van der Waals surface area contributed by atoms with Gasteiger partial charge >= 0.3 is 0 Å². The zero-order chi connectivity index (χ0) is 22.1.